The van der Waals surface area contributed by atoms with Gasteiger partial charge in [-0.15, -0.1) is 0 Å². The molecule has 0 fully saturated rings. The number of aliphatic hydroxyl groups is 1. The quantitative estimate of drug-likeness (QED) is 0.849. The average molecular weight is 311 g/mol. The van der Waals surface area contributed by atoms with Gasteiger partial charge in [-0.25, -0.2) is 0 Å². The van der Waals surface area contributed by atoms with Crippen molar-refractivity contribution in [1.29, 1.82) is 0 Å². The number of amides is 1. The van der Waals surface area contributed by atoms with Crippen LogP contribution in [0.5, 0.6) is 0 Å². The normalized spacial score (nSPS) is 11.3. The Morgan fingerprint density at radius 2 is 1.43 bits per heavy atom. The number of likely N-dealkylation sites (N-methyl/N-ethyl adjacent to an activating group) is 1. The van der Waals surface area contributed by atoms with Crippen LogP contribution >= 0.6 is 0 Å². The smallest absolute Gasteiger partial charge is 0.263 e. The lowest BCUT2D eigenvalue weighted by molar-refractivity contribution is -0.148. The first-order valence-corrected chi connectivity index (χ1v) is 8.27. The Morgan fingerprint density at radius 1 is 0.957 bits per heavy atom. The summed E-state index contributed by atoms with van der Waals surface area (Å²) < 4.78 is 0. The Hall–Kier alpha value is -2.13. The molecule has 0 aliphatic heterocycles. The maximum atomic E-state index is 13.2. The number of carbonyl (C=O) groups is 1. The molecule has 0 saturated heterocycles. The van der Waals surface area contributed by atoms with Crippen LogP contribution in [0.3, 0.4) is 0 Å². The molecule has 3 nitrogen and oxygen atoms in total. The summed E-state index contributed by atoms with van der Waals surface area (Å²) in [6, 6.07) is 18.4. The molecule has 3 heteroatoms. The highest BCUT2D eigenvalue weighted by atomic mass is 16.3. The van der Waals surface area contributed by atoms with Crippen LogP contribution in [-0.4, -0.2) is 29.0 Å². The fourth-order valence-corrected chi connectivity index (χ4v) is 2.75. The van der Waals surface area contributed by atoms with Gasteiger partial charge >= 0.3 is 0 Å². The molecule has 0 aliphatic rings. The van der Waals surface area contributed by atoms with E-state index >= 15 is 0 Å². The van der Waals surface area contributed by atoms with Gasteiger partial charge in [0.25, 0.3) is 5.91 Å². The topological polar surface area (TPSA) is 40.5 Å². The zero-order chi connectivity index (χ0) is 16.7. The maximum absolute atomic E-state index is 13.2. The summed E-state index contributed by atoms with van der Waals surface area (Å²) in [5.74, 6) is -0.258. The minimum absolute atomic E-state index is 0.258. The highest BCUT2D eigenvalue weighted by Crippen LogP contribution is 2.31. The number of hydrogen-bond acceptors (Lipinski definition) is 2. The van der Waals surface area contributed by atoms with Crippen LogP contribution in [0.25, 0.3) is 0 Å². The number of benzene rings is 2. The third kappa shape index (κ3) is 3.62. The second-order valence-corrected chi connectivity index (χ2v) is 5.68. The summed E-state index contributed by atoms with van der Waals surface area (Å²) in [6.45, 7) is 5.29. The van der Waals surface area contributed by atoms with E-state index in [0.717, 1.165) is 12.8 Å². The van der Waals surface area contributed by atoms with Gasteiger partial charge in [-0.3, -0.25) is 4.79 Å². The molecule has 2 aromatic carbocycles. The summed E-state index contributed by atoms with van der Waals surface area (Å²) in [5.41, 5.74) is -0.441. The van der Waals surface area contributed by atoms with Gasteiger partial charge in [-0.2, -0.15) is 0 Å². The summed E-state index contributed by atoms with van der Waals surface area (Å²) in [6.07, 6.45) is 1.94. The first kappa shape index (κ1) is 17.2. The van der Waals surface area contributed by atoms with E-state index in [-0.39, 0.29) is 5.91 Å². The number of nitrogens with zero attached hydrogens (tertiary/aromatic N) is 1. The van der Waals surface area contributed by atoms with E-state index in [4.69, 9.17) is 0 Å². The van der Waals surface area contributed by atoms with Gasteiger partial charge in [0.15, 0.2) is 5.60 Å². The van der Waals surface area contributed by atoms with Crippen molar-refractivity contribution in [1.82, 2.24) is 4.90 Å². The second-order valence-electron chi connectivity index (χ2n) is 5.68. The molecule has 0 spiro atoms. The first-order valence-electron chi connectivity index (χ1n) is 8.27. The van der Waals surface area contributed by atoms with Gasteiger partial charge in [0, 0.05) is 13.1 Å². The zero-order valence-corrected chi connectivity index (χ0v) is 13.9. The molecule has 0 atom stereocenters. The summed E-state index contributed by atoms with van der Waals surface area (Å²) >= 11 is 0. The largest absolute Gasteiger partial charge is 0.372 e. The SMILES string of the molecule is CCCCN(CC)C(=O)C(O)(c1ccccc1)c1ccccc1. The summed E-state index contributed by atoms with van der Waals surface area (Å²) in [7, 11) is 0. The summed E-state index contributed by atoms with van der Waals surface area (Å²) in [5, 5.41) is 11.4. The molecular weight excluding hydrogens is 286 g/mol. The molecule has 23 heavy (non-hydrogen) atoms. The van der Waals surface area contributed by atoms with Crippen molar-refractivity contribution in [2.24, 2.45) is 0 Å². The van der Waals surface area contributed by atoms with Crippen LogP contribution in [-0.2, 0) is 10.4 Å². The van der Waals surface area contributed by atoms with Gasteiger partial charge in [-0.05, 0) is 24.5 Å². The minimum Gasteiger partial charge on any atom is -0.372 e. The monoisotopic (exact) mass is 311 g/mol. The van der Waals surface area contributed by atoms with Crippen LogP contribution in [0.2, 0.25) is 0 Å². The number of unbranched alkanes of at least 4 members (excludes halogenated alkanes) is 1. The van der Waals surface area contributed by atoms with Gasteiger partial charge < -0.3 is 10.0 Å². The van der Waals surface area contributed by atoms with E-state index in [1.165, 1.54) is 0 Å². The van der Waals surface area contributed by atoms with Crippen molar-refractivity contribution in [3.05, 3.63) is 71.8 Å². The predicted octanol–water partition coefficient (Wildman–Crippen LogP) is 3.57. The molecule has 0 aromatic heterocycles. The third-order valence-electron chi connectivity index (χ3n) is 4.14. The maximum Gasteiger partial charge on any atom is 0.263 e. The number of carbonyl (C=O) groups excluding carboxylic acids is 1. The lowest BCUT2D eigenvalue weighted by Crippen LogP contribution is -2.48. The third-order valence-corrected chi connectivity index (χ3v) is 4.14. The van der Waals surface area contributed by atoms with Crippen molar-refractivity contribution >= 4 is 5.91 Å². The molecular formula is C20H25NO2. The average Bonchev–Trinajstić information content (AvgIpc) is 2.63. The van der Waals surface area contributed by atoms with E-state index in [1.54, 1.807) is 29.2 Å². The van der Waals surface area contributed by atoms with Gasteiger partial charge in [0.1, 0.15) is 0 Å². The first-order chi connectivity index (χ1) is 11.1. The van der Waals surface area contributed by atoms with E-state index < -0.39 is 5.60 Å². The molecule has 122 valence electrons. The molecule has 0 unspecified atom stereocenters. The zero-order valence-electron chi connectivity index (χ0n) is 13.9. The fraction of sp³-hybridized carbons (Fsp3) is 0.350. The number of rotatable bonds is 7. The number of hydrogen-bond donors (Lipinski definition) is 1. The predicted molar refractivity (Wildman–Crippen MR) is 93.0 cm³/mol. The van der Waals surface area contributed by atoms with E-state index in [2.05, 4.69) is 6.92 Å². The van der Waals surface area contributed by atoms with Crippen molar-refractivity contribution < 1.29 is 9.90 Å². The van der Waals surface area contributed by atoms with Crippen molar-refractivity contribution in [2.45, 2.75) is 32.3 Å². The Kier molecular flexibility index (Phi) is 5.94. The second kappa shape index (κ2) is 7.93. The Balaban J connectivity index is 2.48. The van der Waals surface area contributed by atoms with Crippen molar-refractivity contribution in [3.63, 3.8) is 0 Å². The lowest BCUT2D eigenvalue weighted by atomic mass is 9.85. The molecule has 1 N–H and O–H groups in total. The van der Waals surface area contributed by atoms with E-state index in [9.17, 15) is 9.90 Å². The van der Waals surface area contributed by atoms with Gasteiger partial charge in [-0.1, -0.05) is 74.0 Å². The highest BCUT2D eigenvalue weighted by molar-refractivity contribution is 5.90. The molecule has 1 amide bonds. The van der Waals surface area contributed by atoms with E-state index in [1.807, 2.05) is 43.3 Å². The van der Waals surface area contributed by atoms with E-state index in [0.29, 0.717) is 24.2 Å². The molecule has 0 radical (unpaired) electrons. The van der Waals surface area contributed by atoms with Gasteiger partial charge in [0.05, 0.1) is 0 Å². The van der Waals surface area contributed by atoms with Crippen LogP contribution < -0.4 is 0 Å². The summed E-state index contributed by atoms with van der Waals surface area (Å²) in [4.78, 5) is 14.9. The van der Waals surface area contributed by atoms with Crippen LogP contribution in [0.15, 0.2) is 60.7 Å². The molecule has 2 rings (SSSR count). The molecule has 2 aromatic rings. The molecule has 0 heterocycles. The Labute approximate surface area is 138 Å². The minimum atomic E-state index is -1.65. The standard InChI is InChI=1S/C20H25NO2/c1-3-5-16-21(4-2)19(22)20(23,17-12-8-6-9-13-17)18-14-10-7-11-15-18/h6-15,23H,3-5,16H2,1-2H3. The molecule has 0 bridgehead atoms. The Bertz CT molecular complexity index is 571. The Morgan fingerprint density at radius 3 is 1.83 bits per heavy atom. The lowest BCUT2D eigenvalue weighted by Gasteiger charge is -2.33. The van der Waals surface area contributed by atoms with Crippen molar-refractivity contribution in [3.8, 4) is 0 Å². The fourth-order valence-electron chi connectivity index (χ4n) is 2.75. The molecule has 0 aliphatic carbocycles. The van der Waals surface area contributed by atoms with Crippen LogP contribution in [0, 0.1) is 0 Å². The van der Waals surface area contributed by atoms with Crippen LogP contribution in [0.1, 0.15) is 37.8 Å². The van der Waals surface area contributed by atoms with Gasteiger partial charge in [0.2, 0.25) is 0 Å². The molecule has 0 saturated carbocycles. The highest BCUT2D eigenvalue weighted by Gasteiger charge is 2.42. The van der Waals surface area contributed by atoms with Crippen LogP contribution in [0.4, 0.5) is 0 Å². The van der Waals surface area contributed by atoms with Crippen molar-refractivity contribution in [2.75, 3.05) is 13.1 Å².